The molecule has 1 aliphatic carbocycles. The minimum atomic E-state index is -0.0983. The highest BCUT2D eigenvalue weighted by molar-refractivity contribution is 5.93. The molecule has 0 aliphatic heterocycles. The molecule has 1 aromatic heterocycles. The van der Waals surface area contributed by atoms with Gasteiger partial charge in [-0.3, -0.25) is 9.78 Å². The normalized spacial score (nSPS) is 15.5. The maximum Gasteiger partial charge on any atom is 0.269 e. The van der Waals surface area contributed by atoms with E-state index < -0.39 is 0 Å². The van der Waals surface area contributed by atoms with E-state index in [0.717, 1.165) is 31.7 Å². The Bertz CT molecular complexity index is 472. The molecule has 0 bridgehead atoms. The number of nitrogens with one attached hydrogen (secondary N) is 2. The first-order chi connectivity index (χ1) is 10.2. The molecule has 0 saturated heterocycles. The Labute approximate surface area is 126 Å². The van der Waals surface area contributed by atoms with Crippen molar-refractivity contribution in [3.05, 3.63) is 24.0 Å². The number of methoxy groups -OCH3 is 1. The summed E-state index contributed by atoms with van der Waals surface area (Å²) in [4.78, 5) is 16.3. The van der Waals surface area contributed by atoms with Crippen LogP contribution in [0.2, 0.25) is 0 Å². The fourth-order valence-electron chi connectivity index (χ4n) is 2.30. The molecule has 0 radical (unpaired) electrons. The Kier molecular flexibility index (Phi) is 5.56. The predicted molar refractivity (Wildman–Crippen MR) is 83.5 cm³/mol. The van der Waals surface area contributed by atoms with E-state index in [1.54, 1.807) is 19.4 Å². The minimum Gasteiger partial charge on any atom is -0.385 e. The van der Waals surface area contributed by atoms with Gasteiger partial charge in [0.25, 0.3) is 5.91 Å². The minimum absolute atomic E-state index is 0.0983. The SMILES string of the molecule is CCCNc1ccnc(C(=O)NCC2(CCOC)CC2)c1. The summed E-state index contributed by atoms with van der Waals surface area (Å²) in [6, 6.07) is 3.69. The lowest BCUT2D eigenvalue weighted by Gasteiger charge is -2.15. The molecule has 0 atom stereocenters. The Morgan fingerprint density at radius 2 is 2.29 bits per heavy atom. The first kappa shape index (κ1) is 15.8. The fraction of sp³-hybridized carbons (Fsp3) is 0.625. The summed E-state index contributed by atoms with van der Waals surface area (Å²) in [5, 5.41) is 6.27. The Morgan fingerprint density at radius 1 is 1.48 bits per heavy atom. The van der Waals surface area contributed by atoms with Gasteiger partial charge in [0, 0.05) is 38.7 Å². The van der Waals surface area contributed by atoms with E-state index in [0.29, 0.717) is 12.2 Å². The van der Waals surface area contributed by atoms with Crippen molar-refractivity contribution in [2.24, 2.45) is 5.41 Å². The number of pyridine rings is 1. The molecule has 1 saturated carbocycles. The van der Waals surface area contributed by atoms with Crippen LogP contribution < -0.4 is 10.6 Å². The van der Waals surface area contributed by atoms with Crippen molar-refractivity contribution in [3.63, 3.8) is 0 Å². The molecule has 1 fully saturated rings. The largest absolute Gasteiger partial charge is 0.385 e. The van der Waals surface area contributed by atoms with Gasteiger partial charge >= 0.3 is 0 Å². The van der Waals surface area contributed by atoms with E-state index in [9.17, 15) is 4.79 Å². The van der Waals surface area contributed by atoms with E-state index in [1.807, 2.05) is 6.07 Å². The van der Waals surface area contributed by atoms with Gasteiger partial charge in [0.2, 0.25) is 0 Å². The third-order valence-electron chi connectivity index (χ3n) is 3.99. The number of ether oxygens (including phenoxy) is 1. The van der Waals surface area contributed by atoms with Crippen molar-refractivity contribution in [1.29, 1.82) is 0 Å². The van der Waals surface area contributed by atoms with Gasteiger partial charge in [-0.25, -0.2) is 0 Å². The van der Waals surface area contributed by atoms with Crippen LogP contribution in [0.5, 0.6) is 0 Å². The van der Waals surface area contributed by atoms with Crippen LogP contribution in [0.3, 0.4) is 0 Å². The average molecular weight is 291 g/mol. The molecule has 0 unspecified atom stereocenters. The zero-order valence-electron chi connectivity index (χ0n) is 12.9. The van der Waals surface area contributed by atoms with Crippen molar-refractivity contribution < 1.29 is 9.53 Å². The molecule has 2 N–H and O–H groups in total. The van der Waals surface area contributed by atoms with Crippen LogP contribution in [-0.4, -0.2) is 37.7 Å². The van der Waals surface area contributed by atoms with E-state index in [4.69, 9.17) is 4.74 Å². The highest BCUT2D eigenvalue weighted by Gasteiger charge is 2.42. The van der Waals surface area contributed by atoms with Gasteiger partial charge < -0.3 is 15.4 Å². The highest BCUT2D eigenvalue weighted by Crippen LogP contribution is 2.48. The van der Waals surface area contributed by atoms with E-state index in [2.05, 4.69) is 22.5 Å². The number of nitrogens with zero attached hydrogens (tertiary/aromatic N) is 1. The smallest absolute Gasteiger partial charge is 0.269 e. The Morgan fingerprint density at radius 3 is 2.95 bits per heavy atom. The molecule has 1 aliphatic rings. The second-order valence-corrected chi connectivity index (χ2v) is 5.78. The van der Waals surface area contributed by atoms with Crippen molar-refractivity contribution in [3.8, 4) is 0 Å². The number of anilines is 1. The molecule has 21 heavy (non-hydrogen) atoms. The lowest BCUT2D eigenvalue weighted by Crippen LogP contribution is -2.31. The van der Waals surface area contributed by atoms with Crippen LogP contribution >= 0.6 is 0 Å². The third kappa shape index (κ3) is 4.70. The van der Waals surface area contributed by atoms with E-state index >= 15 is 0 Å². The van der Waals surface area contributed by atoms with Gasteiger partial charge in [-0.2, -0.15) is 0 Å². The molecule has 1 amide bonds. The lowest BCUT2D eigenvalue weighted by molar-refractivity contribution is 0.0933. The number of amides is 1. The van der Waals surface area contributed by atoms with Crippen LogP contribution in [0, 0.1) is 5.41 Å². The second-order valence-electron chi connectivity index (χ2n) is 5.78. The molecule has 116 valence electrons. The summed E-state index contributed by atoms with van der Waals surface area (Å²) >= 11 is 0. The summed E-state index contributed by atoms with van der Waals surface area (Å²) in [6.45, 7) is 4.47. The molecule has 0 spiro atoms. The molecular formula is C16H25N3O2. The monoisotopic (exact) mass is 291 g/mol. The predicted octanol–water partition coefficient (Wildman–Crippen LogP) is 2.45. The van der Waals surface area contributed by atoms with Gasteiger partial charge in [0.1, 0.15) is 5.69 Å². The van der Waals surface area contributed by atoms with Crippen molar-refractivity contribution in [2.75, 3.05) is 32.1 Å². The Hall–Kier alpha value is -1.62. The van der Waals surface area contributed by atoms with Gasteiger partial charge in [-0.05, 0) is 43.2 Å². The Balaban J connectivity index is 1.85. The number of carbonyl (C=O) groups is 1. The summed E-state index contributed by atoms with van der Waals surface area (Å²) in [5.74, 6) is -0.0983. The van der Waals surface area contributed by atoms with Gasteiger partial charge in [-0.15, -0.1) is 0 Å². The van der Waals surface area contributed by atoms with E-state index in [-0.39, 0.29) is 11.3 Å². The topological polar surface area (TPSA) is 63.2 Å². The average Bonchev–Trinajstić information content (AvgIpc) is 3.29. The second kappa shape index (κ2) is 7.41. The van der Waals surface area contributed by atoms with Gasteiger partial charge in [-0.1, -0.05) is 6.92 Å². The molecule has 5 nitrogen and oxygen atoms in total. The van der Waals surface area contributed by atoms with Crippen LogP contribution in [-0.2, 0) is 4.74 Å². The number of rotatable bonds is 9. The number of hydrogen-bond acceptors (Lipinski definition) is 4. The molecular weight excluding hydrogens is 266 g/mol. The summed E-state index contributed by atoms with van der Waals surface area (Å²) < 4.78 is 5.13. The van der Waals surface area contributed by atoms with Crippen molar-refractivity contribution >= 4 is 11.6 Å². The zero-order chi connectivity index (χ0) is 15.1. The fourth-order valence-corrected chi connectivity index (χ4v) is 2.30. The van der Waals surface area contributed by atoms with Crippen molar-refractivity contribution in [1.82, 2.24) is 10.3 Å². The number of aromatic nitrogens is 1. The molecule has 5 heteroatoms. The highest BCUT2D eigenvalue weighted by atomic mass is 16.5. The maximum atomic E-state index is 12.2. The zero-order valence-corrected chi connectivity index (χ0v) is 12.9. The first-order valence-corrected chi connectivity index (χ1v) is 7.66. The lowest BCUT2D eigenvalue weighted by atomic mass is 10.0. The van der Waals surface area contributed by atoms with Crippen LogP contribution in [0.15, 0.2) is 18.3 Å². The number of hydrogen-bond donors (Lipinski definition) is 2. The van der Waals surface area contributed by atoms with Gasteiger partial charge in [0.15, 0.2) is 0 Å². The summed E-state index contributed by atoms with van der Waals surface area (Å²) in [5.41, 5.74) is 1.67. The van der Waals surface area contributed by atoms with Crippen LogP contribution in [0.4, 0.5) is 5.69 Å². The molecule has 2 rings (SSSR count). The van der Waals surface area contributed by atoms with Crippen molar-refractivity contribution in [2.45, 2.75) is 32.6 Å². The van der Waals surface area contributed by atoms with Crippen LogP contribution in [0.25, 0.3) is 0 Å². The maximum absolute atomic E-state index is 12.2. The standard InChI is InChI=1S/C16H25N3O2/c1-3-8-17-13-4-9-18-14(11-13)15(20)19-12-16(5-6-16)7-10-21-2/h4,9,11H,3,5-8,10,12H2,1-2H3,(H,17,18)(H,19,20). The van der Waals surface area contributed by atoms with E-state index in [1.165, 1.54) is 12.8 Å². The summed E-state index contributed by atoms with van der Waals surface area (Å²) in [6.07, 6.45) is 6.07. The van der Waals surface area contributed by atoms with Gasteiger partial charge in [0.05, 0.1) is 0 Å². The number of carbonyl (C=O) groups excluding carboxylic acids is 1. The third-order valence-corrected chi connectivity index (χ3v) is 3.99. The first-order valence-electron chi connectivity index (χ1n) is 7.66. The quantitative estimate of drug-likeness (QED) is 0.733. The molecule has 1 heterocycles. The molecule has 0 aromatic carbocycles. The molecule has 1 aromatic rings. The van der Waals surface area contributed by atoms with Crippen LogP contribution in [0.1, 0.15) is 43.1 Å². The summed E-state index contributed by atoms with van der Waals surface area (Å²) in [7, 11) is 1.72.